The molecule has 1 amide bonds. The Labute approximate surface area is 163 Å². The zero-order valence-corrected chi connectivity index (χ0v) is 17.7. The molecular weight excluding hydrogens is 415 g/mol. The van der Waals surface area contributed by atoms with Gasteiger partial charge in [0.05, 0.1) is 6.54 Å². The van der Waals surface area contributed by atoms with E-state index in [-0.39, 0.29) is 36.4 Å². The van der Waals surface area contributed by atoms with Crippen LogP contribution in [0.1, 0.15) is 40.5 Å². The summed E-state index contributed by atoms with van der Waals surface area (Å²) in [6.45, 7) is 9.02. The van der Waals surface area contributed by atoms with Crippen molar-refractivity contribution < 1.29 is 4.79 Å². The lowest BCUT2D eigenvalue weighted by atomic mass is 9.89. The summed E-state index contributed by atoms with van der Waals surface area (Å²) in [6, 6.07) is 9.72. The van der Waals surface area contributed by atoms with Crippen LogP contribution >= 0.6 is 24.0 Å². The molecule has 1 atom stereocenters. The van der Waals surface area contributed by atoms with E-state index in [1.165, 1.54) is 0 Å². The molecule has 0 aliphatic heterocycles. The maximum absolute atomic E-state index is 11.9. The van der Waals surface area contributed by atoms with Crippen LogP contribution in [0.15, 0.2) is 35.3 Å². The number of hydrogen-bond donors (Lipinski definition) is 3. The van der Waals surface area contributed by atoms with Gasteiger partial charge in [-0.3, -0.25) is 9.79 Å². The highest BCUT2D eigenvalue weighted by Gasteiger charge is 2.13. The summed E-state index contributed by atoms with van der Waals surface area (Å²) in [5, 5.41) is 9.20. The molecule has 3 N–H and O–H groups in total. The number of nitrogens with zero attached hydrogens (tertiary/aromatic N) is 1. The highest BCUT2D eigenvalue weighted by Crippen LogP contribution is 2.21. The number of nitrogens with one attached hydrogen (secondary N) is 3. The molecule has 136 valence electrons. The zero-order valence-electron chi connectivity index (χ0n) is 15.3. The van der Waals surface area contributed by atoms with Crippen molar-refractivity contribution in [3.63, 3.8) is 0 Å². The molecule has 5 nitrogen and oxygen atoms in total. The highest BCUT2D eigenvalue weighted by atomic mass is 127. The summed E-state index contributed by atoms with van der Waals surface area (Å²) < 4.78 is 0. The maximum atomic E-state index is 11.9. The first-order valence-corrected chi connectivity index (χ1v) is 8.12. The maximum Gasteiger partial charge on any atom is 0.243 e. The summed E-state index contributed by atoms with van der Waals surface area (Å²) >= 11 is 0. The van der Waals surface area contributed by atoms with Crippen molar-refractivity contribution in [1.82, 2.24) is 10.6 Å². The van der Waals surface area contributed by atoms with E-state index in [2.05, 4.69) is 48.6 Å². The number of aliphatic imine (C=N–C) groups is 1. The molecule has 1 unspecified atom stereocenters. The standard InChI is InChI=1S/C18H30N4O.HI/c1-14(11-12-18(2,3)4)21-17(19-5)20-13-16(23)22-15-9-7-6-8-10-15;/h6-10,14H,11-13H2,1-5H3,(H,22,23)(H2,19,20,21);1H. The number of hydrogen-bond acceptors (Lipinski definition) is 2. The van der Waals surface area contributed by atoms with Gasteiger partial charge < -0.3 is 16.0 Å². The third-order valence-electron chi connectivity index (χ3n) is 3.41. The van der Waals surface area contributed by atoms with Crippen LogP contribution in [-0.2, 0) is 4.79 Å². The summed E-state index contributed by atoms with van der Waals surface area (Å²) in [4.78, 5) is 16.1. The van der Waals surface area contributed by atoms with E-state index in [0.717, 1.165) is 18.5 Å². The lowest BCUT2D eigenvalue weighted by Crippen LogP contribution is -2.45. The second kappa shape index (κ2) is 11.3. The Morgan fingerprint density at radius 1 is 1.21 bits per heavy atom. The third-order valence-corrected chi connectivity index (χ3v) is 3.41. The minimum Gasteiger partial charge on any atom is -0.354 e. The van der Waals surface area contributed by atoms with Crippen LogP contribution in [-0.4, -0.2) is 31.5 Å². The molecule has 0 spiro atoms. The van der Waals surface area contributed by atoms with Crippen molar-refractivity contribution in [1.29, 1.82) is 0 Å². The van der Waals surface area contributed by atoms with Gasteiger partial charge in [0.15, 0.2) is 5.96 Å². The van der Waals surface area contributed by atoms with E-state index in [4.69, 9.17) is 0 Å². The molecule has 0 aromatic heterocycles. The first kappa shape index (κ1) is 22.7. The molecule has 0 saturated carbocycles. The molecule has 0 fully saturated rings. The molecule has 0 saturated heterocycles. The number of amides is 1. The SMILES string of the molecule is CN=C(NCC(=O)Nc1ccccc1)NC(C)CCC(C)(C)C.I. The fraction of sp³-hybridized carbons (Fsp3) is 0.556. The first-order valence-electron chi connectivity index (χ1n) is 8.12. The number of para-hydroxylation sites is 1. The summed E-state index contributed by atoms with van der Waals surface area (Å²) in [5.41, 5.74) is 1.11. The predicted octanol–water partition coefficient (Wildman–Crippen LogP) is 3.62. The van der Waals surface area contributed by atoms with Crippen LogP contribution in [0.5, 0.6) is 0 Å². The lowest BCUT2D eigenvalue weighted by molar-refractivity contribution is -0.115. The number of carbonyl (C=O) groups excluding carboxylic acids is 1. The Hall–Kier alpha value is -1.31. The molecule has 1 aromatic rings. The number of rotatable bonds is 6. The monoisotopic (exact) mass is 446 g/mol. The second-order valence-corrected chi connectivity index (χ2v) is 6.98. The van der Waals surface area contributed by atoms with Gasteiger partial charge in [0, 0.05) is 18.8 Å². The Bertz CT molecular complexity index is 512. The number of benzene rings is 1. The van der Waals surface area contributed by atoms with Gasteiger partial charge in [-0.15, -0.1) is 24.0 Å². The molecular formula is C18H31IN4O. The number of guanidine groups is 1. The van der Waals surface area contributed by atoms with Crippen molar-refractivity contribution >= 4 is 41.5 Å². The summed E-state index contributed by atoms with van der Waals surface area (Å²) in [6.07, 6.45) is 2.19. The summed E-state index contributed by atoms with van der Waals surface area (Å²) in [5.74, 6) is 0.552. The normalized spacial score (nSPS) is 12.8. The van der Waals surface area contributed by atoms with Crippen LogP contribution in [0, 0.1) is 5.41 Å². The molecule has 0 bridgehead atoms. The molecule has 0 radical (unpaired) electrons. The quantitative estimate of drug-likeness (QED) is 0.355. The smallest absolute Gasteiger partial charge is 0.243 e. The van der Waals surface area contributed by atoms with Crippen molar-refractivity contribution in [2.24, 2.45) is 10.4 Å². The second-order valence-electron chi connectivity index (χ2n) is 6.98. The number of carbonyl (C=O) groups is 1. The van der Waals surface area contributed by atoms with Crippen molar-refractivity contribution in [3.05, 3.63) is 30.3 Å². The van der Waals surface area contributed by atoms with E-state index in [9.17, 15) is 4.79 Å². The Kier molecular flexibility index (Phi) is 10.7. The Balaban J connectivity index is 0.00000529. The van der Waals surface area contributed by atoms with E-state index < -0.39 is 0 Å². The van der Waals surface area contributed by atoms with Gasteiger partial charge in [-0.25, -0.2) is 0 Å². The van der Waals surface area contributed by atoms with E-state index in [1.807, 2.05) is 30.3 Å². The molecule has 1 aromatic carbocycles. The predicted molar refractivity (Wildman–Crippen MR) is 113 cm³/mol. The minimum absolute atomic E-state index is 0. The molecule has 0 heterocycles. The zero-order chi connectivity index (χ0) is 17.3. The van der Waals surface area contributed by atoms with Crippen molar-refractivity contribution in [2.75, 3.05) is 18.9 Å². The summed E-state index contributed by atoms with van der Waals surface area (Å²) in [7, 11) is 1.71. The fourth-order valence-electron chi connectivity index (χ4n) is 2.04. The lowest BCUT2D eigenvalue weighted by Gasteiger charge is -2.23. The molecule has 6 heteroatoms. The van der Waals surface area contributed by atoms with Crippen molar-refractivity contribution in [2.45, 2.75) is 46.6 Å². The highest BCUT2D eigenvalue weighted by molar-refractivity contribution is 14.0. The van der Waals surface area contributed by atoms with Gasteiger partial charge in [-0.1, -0.05) is 39.0 Å². The Morgan fingerprint density at radius 3 is 2.38 bits per heavy atom. The van der Waals surface area contributed by atoms with Crippen molar-refractivity contribution in [3.8, 4) is 0 Å². The molecule has 24 heavy (non-hydrogen) atoms. The van der Waals surface area contributed by atoms with Gasteiger partial charge in [-0.05, 0) is 37.3 Å². The molecule has 0 aliphatic carbocycles. The van der Waals surface area contributed by atoms with Crippen LogP contribution in [0.3, 0.4) is 0 Å². The number of anilines is 1. The van der Waals surface area contributed by atoms with Gasteiger partial charge in [0.25, 0.3) is 0 Å². The van der Waals surface area contributed by atoms with Crippen LogP contribution in [0.4, 0.5) is 5.69 Å². The minimum atomic E-state index is -0.0958. The van der Waals surface area contributed by atoms with E-state index >= 15 is 0 Å². The van der Waals surface area contributed by atoms with Crippen LogP contribution < -0.4 is 16.0 Å². The average Bonchev–Trinajstić information content (AvgIpc) is 2.49. The van der Waals surface area contributed by atoms with Gasteiger partial charge in [-0.2, -0.15) is 0 Å². The van der Waals surface area contributed by atoms with Crippen LogP contribution in [0.2, 0.25) is 0 Å². The van der Waals surface area contributed by atoms with Gasteiger partial charge in [0.1, 0.15) is 0 Å². The average molecular weight is 446 g/mol. The van der Waals surface area contributed by atoms with E-state index in [1.54, 1.807) is 7.05 Å². The first-order chi connectivity index (χ1) is 10.8. The van der Waals surface area contributed by atoms with Gasteiger partial charge in [0.2, 0.25) is 5.91 Å². The molecule has 1 rings (SSSR count). The third kappa shape index (κ3) is 10.5. The van der Waals surface area contributed by atoms with Crippen LogP contribution in [0.25, 0.3) is 0 Å². The largest absolute Gasteiger partial charge is 0.354 e. The molecule has 0 aliphatic rings. The Morgan fingerprint density at radius 2 is 1.83 bits per heavy atom. The van der Waals surface area contributed by atoms with Gasteiger partial charge >= 0.3 is 0 Å². The number of halogens is 1. The van der Waals surface area contributed by atoms with E-state index in [0.29, 0.717) is 17.4 Å². The fourth-order valence-corrected chi connectivity index (χ4v) is 2.04. The topological polar surface area (TPSA) is 65.5 Å².